The van der Waals surface area contributed by atoms with E-state index >= 15 is 0 Å². The molecule has 3 rings (SSSR count). The summed E-state index contributed by atoms with van der Waals surface area (Å²) in [6, 6.07) is 22.7. The van der Waals surface area contributed by atoms with Crippen LogP contribution < -0.4 is 4.90 Å². The van der Waals surface area contributed by atoms with Gasteiger partial charge in [-0.15, -0.1) is 0 Å². The van der Waals surface area contributed by atoms with Crippen LogP contribution in [-0.2, 0) is 5.72 Å². The summed E-state index contributed by atoms with van der Waals surface area (Å²) in [7, 11) is 0. The monoisotopic (exact) mass is 367 g/mol. The number of para-hydroxylation sites is 1. The topological polar surface area (TPSA) is 71.0 Å². The zero-order valence-corrected chi connectivity index (χ0v) is 13.9. The molecule has 0 aromatic heterocycles. The van der Waals surface area contributed by atoms with Gasteiger partial charge in [0.05, 0.1) is 0 Å². The van der Waals surface area contributed by atoms with Crippen LogP contribution in [0.4, 0.5) is 5.69 Å². The van der Waals surface area contributed by atoms with Crippen molar-refractivity contribution < 1.29 is 5.11 Å². The molecule has 23 heavy (non-hydrogen) atoms. The number of hydrogen-bond acceptors (Lipinski definition) is 4. The minimum absolute atomic E-state index is 0.0701. The Morgan fingerprint density at radius 2 is 1.57 bits per heavy atom. The van der Waals surface area contributed by atoms with Crippen molar-refractivity contribution in [1.29, 1.82) is 10.5 Å². The van der Waals surface area contributed by atoms with E-state index < -0.39 is 5.72 Å². The minimum atomic E-state index is -1.24. The first kappa shape index (κ1) is 15.3. The molecule has 5 heteroatoms. The summed E-state index contributed by atoms with van der Waals surface area (Å²) in [4.78, 5) is 1.74. The van der Waals surface area contributed by atoms with Crippen molar-refractivity contribution in [3.63, 3.8) is 0 Å². The molecule has 1 unspecified atom stereocenters. The molecule has 1 fully saturated rings. The number of anilines is 1. The van der Waals surface area contributed by atoms with Crippen molar-refractivity contribution in [2.75, 3.05) is 4.90 Å². The Morgan fingerprint density at radius 3 is 2.13 bits per heavy atom. The van der Waals surface area contributed by atoms with E-state index in [0.717, 1.165) is 11.3 Å². The SMILES string of the molecule is N#CC(C#N)=C1[Se]CC(O)(c2ccccc2)N1c1ccccc1. The third kappa shape index (κ3) is 2.63. The Kier molecular flexibility index (Phi) is 4.19. The second-order valence-corrected chi connectivity index (χ2v) is 7.07. The number of aliphatic hydroxyl groups is 1. The number of rotatable bonds is 2. The fourth-order valence-electron chi connectivity index (χ4n) is 2.60. The Labute approximate surface area is 141 Å². The number of nitriles is 2. The van der Waals surface area contributed by atoms with Crippen molar-refractivity contribution in [1.82, 2.24) is 0 Å². The first-order valence-corrected chi connectivity index (χ1v) is 9.08. The van der Waals surface area contributed by atoms with Crippen molar-refractivity contribution in [2.45, 2.75) is 11.0 Å². The Balaban J connectivity index is 2.21. The van der Waals surface area contributed by atoms with Crippen molar-refractivity contribution in [3.8, 4) is 12.1 Å². The Hall–Kier alpha value is -2.56. The average molecular weight is 366 g/mol. The fourth-order valence-corrected chi connectivity index (χ4v) is 5.23. The van der Waals surface area contributed by atoms with Crippen LogP contribution in [0.15, 0.2) is 70.8 Å². The van der Waals surface area contributed by atoms with Gasteiger partial charge in [-0.25, -0.2) is 0 Å². The molecule has 1 atom stereocenters. The van der Waals surface area contributed by atoms with Crippen LogP contribution in [0.1, 0.15) is 5.56 Å². The van der Waals surface area contributed by atoms with Gasteiger partial charge in [0, 0.05) is 0 Å². The summed E-state index contributed by atoms with van der Waals surface area (Å²) in [5.41, 5.74) is 0.365. The van der Waals surface area contributed by atoms with Gasteiger partial charge in [0.2, 0.25) is 0 Å². The molecule has 1 saturated heterocycles. The van der Waals surface area contributed by atoms with Gasteiger partial charge in [-0.3, -0.25) is 0 Å². The molecule has 2 aromatic rings. The van der Waals surface area contributed by atoms with E-state index in [4.69, 9.17) is 0 Å². The number of hydrogen-bond donors (Lipinski definition) is 1. The third-order valence-corrected chi connectivity index (χ3v) is 6.20. The van der Waals surface area contributed by atoms with Crippen molar-refractivity contribution in [3.05, 3.63) is 76.4 Å². The standard InChI is InChI=1S/C18H13N3OSe/c19-11-14(12-20)17-21(16-9-5-2-6-10-16)18(22,13-23-17)15-7-3-1-4-8-15/h1-10,22H,13H2. The van der Waals surface area contributed by atoms with E-state index in [9.17, 15) is 15.6 Å². The number of benzene rings is 2. The van der Waals surface area contributed by atoms with Crippen molar-refractivity contribution in [2.24, 2.45) is 0 Å². The molecular weight excluding hydrogens is 353 g/mol. The quantitative estimate of drug-likeness (QED) is 0.655. The maximum atomic E-state index is 11.4. The fraction of sp³-hybridized carbons (Fsp3) is 0.111. The zero-order chi connectivity index (χ0) is 16.3. The summed E-state index contributed by atoms with van der Waals surface area (Å²) >= 11 is -0.165. The summed E-state index contributed by atoms with van der Waals surface area (Å²) in [5.74, 6) is 0. The predicted molar refractivity (Wildman–Crippen MR) is 88.1 cm³/mol. The van der Waals surface area contributed by atoms with E-state index in [2.05, 4.69) is 0 Å². The Morgan fingerprint density at radius 1 is 1.00 bits per heavy atom. The molecule has 0 aliphatic carbocycles. The van der Waals surface area contributed by atoms with Crippen LogP contribution in [0.3, 0.4) is 0 Å². The second-order valence-electron chi connectivity index (χ2n) is 5.05. The molecule has 0 amide bonds. The van der Waals surface area contributed by atoms with Gasteiger partial charge < -0.3 is 0 Å². The summed E-state index contributed by atoms with van der Waals surface area (Å²) in [6.45, 7) is 0. The number of allylic oxidation sites excluding steroid dienone is 1. The van der Waals surface area contributed by atoms with Crippen LogP contribution >= 0.6 is 0 Å². The van der Waals surface area contributed by atoms with Crippen LogP contribution in [-0.4, -0.2) is 20.1 Å². The molecule has 0 radical (unpaired) electrons. The van der Waals surface area contributed by atoms with Crippen LogP contribution in [0.25, 0.3) is 0 Å². The molecule has 0 saturated carbocycles. The van der Waals surface area contributed by atoms with Gasteiger partial charge in [0.1, 0.15) is 0 Å². The van der Waals surface area contributed by atoms with Gasteiger partial charge in [-0.2, -0.15) is 0 Å². The molecule has 112 valence electrons. The molecule has 0 bridgehead atoms. The molecule has 1 heterocycles. The van der Waals surface area contributed by atoms with Gasteiger partial charge in [-0.1, -0.05) is 0 Å². The van der Waals surface area contributed by atoms with Gasteiger partial charge >= 0.3 is 141 Å². The van der Waals surface area contributed by atoms with Crippen LogP contribution in [0.5, 0.6) is 0 Å². The van der Waals surface area contributed by atoms with Gasteiger partial charge in [-0.05, 0) is 0 Å². The van der Waals surface area contributed by atoms with Crippen molar-refractivity contribution >= 4 is 20.6 Å². The zero-order valence-electron chi connectivity index (χ0n) is 12.2. The maximum absolute atomic E-state index is 11.4. The van der Waals surface area contributed by atoms with E-state index in [-0.39, 0.29) is 20.5 Å². The molecular formula is C18H13N3OSe. The molecule has 2 aromatic carbocycles. The first-order chi connectivity index (χ1) is 11.2. The van der Waals surface area contributed by atoms with E-state index in [1.165, 1.54) is 0 Å². The molecule has 4 nitrogen and oxygen atoms in total. The van der Waals surface area contributed by atoms with Crippen LogP contribution in [0, 0.1) is 22.7 Å². The summed E-state index contributed by atoms with van der Waals surface area (Å²) < 4.78 is 0.625. The van der Waals surface area contributed by atoms with E-state index in [0.29, 0.717) is 9.91 Å². The summed E-state index contributed by atoms with van der Waals surface area (Å²) in [5, 5.41) is 30.4. The van der Waals surface area contributed by atoms with E-state index in [1.807, 2.05) is 72.8 Å². The summed E-state index contributed by atoms with van der Waals surface area (Å²) in [6.07, 6.45) is 0. The molecule has 1 aliphatic rings. The normalized spacial score (nSPS) is 20.0. The molecule has 0 spiro atoms. The van der Waals surface area contributed by atoms with Crippen LogP contribution in [0.2, 0.25) is 5.32 Å². The average Bonchev–Trinajstić information content (AvgIpc) is 2.96. The molecule has 1 aliphatic heterocycles. The molecule has 1 N–H and O–H groups in total. The van der Waals surface area contributed by atoms with Gasteiger partial charge in [0.15, 0.2) is 0 Å². The second kappa shape index (κ2) is 6.28. The van der Waals surface area contributed by atoms with E-state index in [1.54, 1.807) is 4.90 Å². The third-order valence-electron chi connectivity index (χ3n) is 3.67. The first-order valence-electron chi connectivity index (χ1n) is 7.01. The predicted octanol–water partition coefficient (Wildman–Crippen LogP) is 2.73. The number of nitrogens with zero attached hydrogens (tertiary/aromatic N) is 3. The van der Waals surface area contributed by atoms with Gasteiger partial charge in [0.25, 0.3) is 0 Å². The Bertz CT molecular complexity index is 805.